The number of hydrogen-bond acceptors (Lipinski definition) is 2. The summed E-state index contributed by atoms with van der Waals surface area (Å²) in [5.41, 5.74) is 2.55. The topological polar surface area (TPSA) is 32.3 Å². The molecule has 0 bridgehead atoms. The van der Waals surface area contributed by atoms with Crippen molar-refractivity contribution < 1.29 is 9.18 Å². The van der Waals surface area contributed by atoms with Crippen LogP contribution in [-0.2, 0) is 4.79 Å². The van der Waals surface area contributed by atoms with Gasteiger partial charge in [0.2, 0.25) is 0 Å². The largest absolute Gasteiger partial charge is 0.285 e. The maximum Gasteiger partial charge on any atom is 0.258 e. The van der Waals surface area contributed by atoms with Gasteiger partial charge in [0.1, 0.15) is 5.67 Å². The van der Waals surface area contributed by atoms with Crippen LogP contribution in [0.5, 0.6) is 0 Å². The summed E-state index contributed by atoms with van der Waals surface area (Å²) in [5, 5.41) is 1.97. The number of benzene rings is 1. The highest BCUT2D eigenvalue weighted by Gasteiger charge is 2.54. The van der Waals surface area contributed by atoms with Gasteiger partial charge in [-0.1, -0.05) is 31.1 Å². The summed E-state index contributed by atoms with van der Waals surface area (Å²) in [4.78, 5) is 11.9. The highest BCUT2D eigenvalue weighted by Crippen LogP contribution is 2.56. The number of allylic oxidation sites excluding steroid dienone is 3. The molecule has 2 fully saturated rings. The van der Waals surface area contributed by atoms with Crippen molar-refractivity contribution in [1.29, 1.82) is 0 Å². The third kappa shape index (κ3) is 5.27. The second-order valence-electron chi connectivity index (χ2n) is 6.95. The van der Waals surface area contributed by atoms with Gasteiger partial charge in [0.05, 0.1) is 0 Å². The number of amides is 1. The summed E-state index contributed by atoms with van der Waals surface area (Å²) in [6, 6.07) is 5.82. The summed E-state index contributed by atoms with van der Waals surface area (Å²) in [6.45, 7) is 1.79. The van der Waals surface area contributed by atoms with Crippen LogP contribution < -0.4 is 5.43 Å². The van der Waals surface area contributed by atoms with Gasteiger partial charge in [0.15, 0.2) is 0 Å². The molecule has 6 heteroatoms. The molecule has 3 nitrogen and oxygen atoms in total. The maximum absolute atomic E-state index is 14.8. The monoisotopic (exact) mass is 484 g/mol. The fraction of sp³-hybridized carbons (Fsp3) is 0.450. The molecule has 1 aliphatic heterocycles. The predicted molar refractivity (Wildman–Crippen MR) is 110 cm³/mol. The third-order valence-electron chi connectivity index (χ3n) is 4.89. The smallest absolute Gasteiger partial charge is 0.258 e. The summed E-state index contributed by atoms with van der Waals surface area (Å²) < 4.78 is 16.7. The van der Waals surface area contributed by atoms with Gasteiger partial charge in [-0.3, -0.25) is 10.2 Å². The fourth-order valence-electron chi connectivity index (χ4n) is 3.30. The Morgan fingerprint density at radius 3 is 2.58 bits per heavy atom. The van der Waals surface area contributed by atoms with Crippen LogP contribution in [-0.4, -0.2) is 29.7 Å². The van der Waals surface area contributed by atoms with Crippen LogP contribution in [0.2, 0.25) is 0 Å². The molecule has 26 heavy (non-hydrogen) atoms. The summed E-state index contributed by atoms with van der Waals surface area (Å²) in [6.07, 6.45) is 11.4. The molecule has 0 radical (unpaired) electrons. The van der Waals surface area contributed by atoms with E-state index in [0.717, 1.165) is 40.4 Å². The second-order valence-corrected chi connectivity index (χ2v) is 8.66. The van der Waals surface area contributed by atoms with E-state index in [1.54, 1.807) is 18.2 Å². The van der Waals surface area contributed by atoms with Crippen molar-refractivity contribution in [3.63, 3.8) is 0 Å². The number of carbonyl (C=O) groups excluding carboxylic acids is 1. The molecule has 2 atom stereocenters. The molecule has 1 amide bonds. The van der Waals surface area contributed by atoms with Crippen molar-refractivity contribution in [3.8, 4) is 0 Å². The highest BCUT2D eigenvalue weighted by atomic mass is 79.9. The lowest BCUT2D eigenvalue weighted by Crippen LogP contribution is -2.41. The first-order chi connectivity index (χ1) is 12.5. The van der Waals surface area contributed by atoms with Crippen LogP contribution in [0.1, 0.15) is 43.6 Å². The van der Waals surface area contributed by atoms with Crippen LogP contribution in [0.15, 0.2) is 51.4 Å². The summed E-state index contributed by atoms with van der Waals surface area (Å²) in [5.74, 6) is -0.281. The zero-order valence-corrected chi connectivity index (χ0v) is 17.7. The fourth-order valence-corrected chi connectivity index (χ4v) is 3.94. The first-order valence-corrected chi connectivity index (χ1v) is 10.6. The van der Waals surface area contributed by atoms with Crippen molar-refractivity contribution in [2.75, 3.05) is 13.1 Å². The van der Waals surface area contributed by atoms with Gasteiger partial charge in [-0.05, 0) is 74.9 Å². The Kier molecular flexibility index (Phi) is 6.70. The molecule has 1 saturated carbocycles. The molecule has 0 aromatic heterocycles. The molecule has 0 spiro atoms. The number of alkyl halides is 1. The van der Waals surface area contributed by atoms with E-state index in [-0.39, 0.29) is 11.8 Å². The average molecular weight is 486 g/mol. The van der Waals surface area contributed by atoms with Crippen molar-refractivity contribution in [2.45, 2.75) is 43.7 Å². The van der Waals surface area contributed by atoms with Crippen LogP contribution in [0.3, 0.4) is 0 Å². The van der Waals surface area contributed by atoms with Gasteiger partial charge < -0.3 is 0 Å². The van der Waals surface area contributed by atoms with E-state index in [1.807, 2.05) is 23.2 Å². The number of nitrogens with one attached hydrogen (secondary N) is 1. The Morgan fingerprint density at radius 1 is 1.15 bits per heavy atom. The van der Waals surface area contributed by atoms with Crippen molar-refractivity contribution in [1.82, 2.24) is 10.4 Å². The van der Waals surface area contributed by atoms with E-state index >= 15 is 0 Å². The lowest BCUT2D eigenvalue weighted by molar-refractivity contribution is -0.121. The zero-order chi connectivity index (χ0) is 18.6. The van der Waals surface area contributed by atoms with E-state index in [4.69, 9.17) is 0 Å². The van der Waals surface area contributed by atoms with E-state index in [2.05, 4.69) is 37.3 Å². The quantitative estimate of drug-likeness (QED) is 0.445. The number of rotatable bonds is 5. The van der Waals surface area contributed by atoms with Crippen LogP contribution in [0.25, 0.3) is 0 Å². The van der Waals surface area contributed by atoms with Gasteiger partial charge in [0, 0.05) is 34.0 Å². The highest BCUT2D eigenvalue weighted by molar-refractivity contribution is 9.13. The van der Waals surface area contributed by atoms with Crippen LogP contribution in [0, 0.1) is 0 Å². The Balaban J connectivity index is 1.49. The first-order valence-electron chi connectivity index (χ1n) is 9.03. The Bertz CT molecular complexity index is 714. The molecule has 140 valence electrons. The Labute approximate surface area is 170 Å². The van der Waals surface area contributed by atoms with E-state index in [0.29, 0.717) is 6.42 Å². The first kappa shape index (κ1) is 19.8. The van der Waals surface area contributed by atoms with Crippen LogP contribution in [0.4, 0.5) is 4.39 Å². The lowest BCUT2D eigenvalue weighted by atomic mass is 10.1. The van der Waals surface area contributed by atoms with Crippen molar-refractivity contribution >= 4 is 37.8 Å². The van der Waals surface area contributed by atoms with Gasteiger partial charge in [-0.2, -0.15) is 0 Å². The van der Waals surface area contributed by atoms with Crippen molar-refractivity contribution in [2.24, 2.45) is 0 Å². The maximum atomic E-state index is 14.8. The summed E-state index contributed by atoms with van der Waals surface area (Å²) in [7, 11) is 0. The molecule has 1 aromatic carbocycles. The summed E-state index contributed by atoms with van der Waals surface area (Å²) >= 11 is 6.89. The molecule has 1 heterocycles. The second kappa shape index (κ2) is 8.81. The number of halogens is 3. The van der Waals surface area contributed by atoms with Gasteiger partial charge in [0.25, 0.3) is 5.91 Å². The van der Waals surface area contributed by atoms with E-state index in [9.17, 15) is 9.18 Å². The van der Waals surface area contributed by atoms with Crippen LogP contribution >= 0.6 is 31.9 Å². The molecular formula is C20H23Br2FN2O. The molecule has 2 aliphatic rings. The SMILES string of the molecule is O=C(/C=C/C=C/C1(F)CC1c1ccc(Br)c(Br)c1)NN1CCCCCC1. The Morgan fingerprint density at radius 2 is 1.88 bits per heavy atom. The Hall–Kier alpha value is -0.980. The van der Waals surface area contributed by atoms with Gasteiger partial charge >= 0.3 is 0 Å². The number of carbonyl (C=O) groups is 1. The molecule has 1 N–H and O–H groups in total. The number of nitrogens with zero attached hydrogens (tertiary/aromatic N) is 1. The minimum atomic E-state index is -1.32. The van der Waals surface area contributed by atoms with Gasteiger partial charge in [-0.25, -0.2) is 9.40 Å². The lowest BCUT2D eigenvalue weighted by Gasteiger charge is -2.19. The number of hydrazine groups is 1. The normalized spacial score (nSPS) is 27.0. The molecular weight excluding hydrogens is 463 g/mol. The molecule has 3 rings (SSSR count). The standard InChI is InChI=1S/C20H23Br2FN2O/c21-17-9-8-15(13-18(17)22)16-14-20(16,23)10-4-3-7-19(26)24-25-11-5-1-2-6-12-25/h3-4,7-10,13,16H,1-2,5-6,11-12,14H2,(H,24,26)/b7-3+,10-4+. The predicted octanol–water partition coefficient (Wildman–Crippen LogP) is 5.43. The van der Waals surface area contributed by atoms with E-state index < -0.39 is 5.67 Å². The van der Waals surface area contributed by atoms with Gasteiger partial charge in [-0.15, -0.1) is 0 Å². The minimum absolute atomic E-state index is 0.123. The molecule has 2 unspecified atom stereocenters. The average Bonchev–Trinajstić information content (AvgIpc) is 3.34. The zero-order valence-electron chi connectivity index (χ0n) is 14.6. The van der Waals surface area contributed by atoms with Crippen molar-refractivity contribution in [3.05, 3.63) is 57.0 Å². The molecule has 1 aliphatic carbocycles. The molecule has 1 aromatic rings. The molecule has 1 saturated heterocycles. The van der Waals surface area contributed by atoms with E-state index in [1.165, 1.54) is 18.9 Å². The minimum Gasteiger partial charge on any atom is -0.285 e. The number of hydrogen-bond donors (Lipinski definition) is 1. The third-order valence-corrected chi connectivity index (χ3v) is 6.77.